The van der Waals surface area contributed by atoms with Crippen LogP contribution < -0.4 is 15.4 Å². The van der Waals surface area contributed by atoms with Crippen LogP contribution in [0.2, 0.25) is 0 Å². The van der Waals surface area contributed by atoms with Gasteiger partial charge < -0.3 is 15.4 Å². The number of nitrogens with one attached hydrogen (secondary N) is 2. The number of carbonyl (C=O) groups excluding carboxylic acids is 1. The summed E-state index contributed by atoms with van der Waals surface area (Å²) in [5.41, 5.74) is 4.84. The lowest BCUT2D eigenvalue weighted by Crippen LogP contribution is -2.18. The largest absolute Gasteiger partial charge is 0.490 e. The number of amides is 1. The highest BCUT2D eigenvalue weighted by atomic mass is 16.5. The molecule has 0 saturated heterocycles. The van der Waals surface area contributed by atoms with E-state index >= 15 is 0 Å². The molecule has 118 valence electrons. The number of ether oxygens (including phenoxy) is 1. The van der Waals surface area contributed by atoms with E-state index in [0.717, 1.165) is 34.8 Å². The summed E-state index contributed by atoms with van der Waals surface area (Å²) in [6, 6.07) is 11.9. The molecule has 0 aromatic heterocycles. The van der Waals surface area contributed by atoms with E-state index in [1.807, 2.05) is 31.2 Å². The van der Waals surface area contributed by atoms with E-state index in [9.17, 15) is 4.79 Å². The fraction of sp³-hybridized carbons (Fsp3) is 0.316. The molecule has 4 rings (SSSR count). The molecular formula is C19H20N2O2. The molecule has 2 aromatic rings. The van der Waals surface area contributed by atoms with Crippen molar-refractivity contribution in [3.63, 3.8) is 0 Å². The minimum absolute atomic E-state index is 0.0754. The molecule has 1 aliphatic carbocycles. The molecule has 1 aliphatic heterocycles. The van der Waals surface area contributed by atoms with Crippen LogP contribution >= 0.6 is 0 Å². The zero-order valence-corrected chi connectivity index (χ0v) is 13.2. The number of hydrogen-bond acceptors (Lipinski definition) is 3. The lowest BCUT2D eigenvalue weighted by atomic mass is 10.0. The van der Waals surface area contributed by atoms with E-state index < -0.39 is 0 Å². The van der Waals surface area contributed by atoms with E-state index in [-0.39, 0.29) is 5.91 Å². The molecule has 2 aliphatic rings. The van der Waals surface area contributed by atoms with Crippen molar-refractivity contribution in [2.75, 3.05) is 23.8 Å². The second-order valence-corrected chi connectivity index (χ2v) is 6.29. The van der Waals surface area contributed by atoms with Crippen LogP contribution in [0.3, 0.4) is 0 Å². The van der Waals surface area contributed by atoms with Crippen LogP contribution in [0.25, 0.3) is 0 Å². The number of benzene rings is 2. The molecule has 2 aromatic carbocycles. The average molecular weight is 308 g/mol. The van der Waals surface area contributed by atoms with Gasteiger partial charge in [-0.1, -0.05) is 12.1 Å². The van der Waals surface area contributed by atoms with Crippen molar-refractivity contribution in [1.29, 1.82) is 0 Å². The van der Waals surface area contributed by atoms with E-state index in [4.69, 9.17) is 4.74 Å². The molecule has 1 heterocycles. The highest BCUT2D eigenvalue weighted by Crippen LogP contribution is 2.40. The first-order valence-corrected chi connectivity index (χ1v) is 8.13. The smallest absolute Gasteiger partial charge is 0.255 e. The summed E-state index contributed by atoms with van der Waals surface area (Å²) >= 11 is 0. The fourth-order valence-electron chi connectivity index (χ4n) is 3.02. The van der Waals surface area contributed by atoms with Crippen LogP contribution in [-0.4, -0.2) is 19.1 Å². The number of fused-ring (bicyclic) bond motifs is 1. The third kappa shape index (κ3) is 2.89. The van der Waals surface area contributed by atoms with Gasteiger partial charge in [0.05, 0.1) is 5.69 Å². The second-order valence-electron chi connectivity index (χ2n) is 6.29. The van der Waals surface area contributed by atoms with Gasteiger partial charge >= 0.3 is 0 Å². The number of anilines is 2. The van der Waals surface area contributed by atoms with E-state index in [2.05, 4.69) is 22.8 Å². The van der Waals surface area contributed by atoms with Gasteiger partial charge in [0.15, 0.2) is 0 Å². The summed E-state index contributed by atoms with van der Waals surface area (Å²) in [6.45, 7) is 3.46. The van der Waals surface area contributed by atoms with Crippen molar-refractivity contribution >= 4 is 17.3 Å². The first kappa shape index (κ1) is 14.1. The SMILES string of the molecule is Cc1cc(C2CC2)ccc1C(=O)Nc1ccc2c(c1)OCCN2. The van der Waals surface area contributed by atoms with Gasteiger partial charge in [-0.3, -0.25) is 4.79 Å². The molecule has 1 saturated carbocycles. The van der Waals surface area contributed by atoms with E-state index in [1.165, 1.54) is 18.4 Å². The molecule has 0 atom stereocenters. The summed E-state index contributed by atoms with van der Waals surface area (Å²) in [4.78, 5) is 12.5. The van der Waals surface area contributed by atoms with Crippen molar-refractivity contribution in [1.82, 2.24) is 0 Å². The third-order valence-corrected chi connectivity index (χ3v) is 4.46. The molecule has 0 radical (unpaired) electrons. The average Bonchev–Trinajstić information content (AvgIpc) is 3.39. The van der Waals surface area contributed by atoms with Gasteiger partial charge in [-0.2, -0.15) is 0 Å². The van der Waals surface area contributed by atoms with Gasteiger partial charge in [-0.05, 0) is 55.0 Å². The molecule has 1 fully saturated rings. The molecule has 2 N–H and O–H groups in total. The van der Waals surface area contributed by atoms with Gasteiger partial charge in [0, 0.05) is 23.9 Å². The Morgan fingerprint density at radius 1 is 1.22 bits per heavy atom. The number of aryl methyl sites for hydroxylation is 1. The van der Waals surface area contributed by atoms with Crippen LogP contribution in [0.15, 0.2) is 36.4 Å². The summed E-state index contributed by atoms with van der Waals surface area (Å²) in [5, 5.41) is 6.24. The van der Waals surface area contributed by atoms with Crippen molar-refractivity contribution in [3.05, 3.63) is 53.1 Å². The predicted molar refractivity (Wildman–Crippen MR) is 91.5 cm³/mol. The zero-order valence-electron chi connectivity index (χ0n) is 13.2. The number of rotatable bonds is 3. The lowest BCUT2D eigenvalue weighted by molar-refractivity contribution is 0.102. The Kier molecular flexibility index (Phi) is 3.45. The molecule has 0 bridgehead atoms. The predicted octanol–water partition coefficient (Wildman–Crippen LogP) is 3.93. The summed E-state index contributed by atoms with van der Waals surface area (Å²) in [7, 11) is 0. The Morgan fingerprint density at radius 2 is 2.09 bits per heavy atom. The molecular weight excluding hydrogens is 288 g/mol. The second kappa shape index (κ2) is 5.61. The van der Waals surface area contributed by atoms with Gasteiger partial charge in [-0.15, -0.1) is 0 Å². The Morgan fingerprint density at radius 3 is 2.87 bits per heavy atom. The van der Waals surface area contributed by atoms with Crippen molar-refractivity contribution in [3.8, 4) is 5.75 Å². The Labute approximate surface area is 135 Å². The Bertz CT molecular complexity index is 766. The topological polar surface area (TPSA) is 50.4 Å². The molecule has 23 heavy (non-hydrogen) atoms. The normalized spacial score (nSPS) is 16.0. The molecule has 0 spiro atoms. The Balaban J connectivity index is 1.53. The monoisotopic (exact) mass is 308 g/mol. The molecule has 0 unspecified atom stereocenters. The zero-order chi connectivity index (χ0) is 15.8. The van der Waals surface area contributed by atoms with Crippen LogP contribution in [0.5, 0.6) is 5.75 Å². The highest BCUT2D eigenvalue weighted by molar-refractivity contribution is 6.05. The lowest BCUT2D eigenvalue weighted by Gasteiger charge is -2.20. The van der Waals surface area contributed by atoms with Crippen molar-refractivity contribution in [2.45, 2.75) is 25.7 Å². The van der Waals surface area contributed by atoms with Crippen LogP contribution in [-0.2, 0) is 0 Å². The van der Waals surface area contributed by atoms with Crippen LogP contribution in [0.4, 0.5) is 11.4 Å². The van der Waals surface area contributed by atoms with Gasteiger partial charge in [0.25, 0.3) is 5.91 Å². The summed E-state index contributed by atoms with van der Waals surface area (Å²) < 4.78 is 5.61. The number of carbonyl (C=O) groups is 1. The van der Waals surface area contributed by atoms with Gasteiger partial charge in [0.2, 0.25) is 0 Å². The summed E-state index contributed by atoms with van der Waals surface area (Å²) in [5.74, 6) is 1.42. The van der Waals surface area contributed by atoms with Gasteiger partial charge in [0.1, 0.15) is 12.4 Å². The minimum atomic E-state index is -0.0754. The quantitative estimate of drug-likeness (QED) is 0.903. The van der Waals surface area contributed by atoms with E-state index in [1.54, 1.807) is 0 Å². The van der Waals surface area contributed by atoms with Crippen molar-refractivity contribution < 1.29 is 9.53 Å². The van der Waals surface area contributed by atoms with Crippen LogP contribution in [0, 0.1) is 6.92 Å². The van der Waals surface area contributed by atoms with Crippen molar-refractivity contribution in [2.24, 2.45) is 0 Å². The molecule has 1 amide bonds. The third-order valence-electron chi connectivity index (χ3n) is 4.46. The number of hydrogen-bond donors (Lipinski definition) is 2. The van der Waals surface area contributed by atoms with Crippen LogP contribution in [0.1, 0.15) is 40.2 Å². The summed E-state index contributed by atoms with van der Waals surface area (Å²) in [6.07, 6.45) is 2.54. The fourth-order valence-corrected chi connectivity index (χ4v) is 3.02. The standard InChI is InChI=1S/C19H20N2O2/c1-12-10-14(13-2-3-13)4-6-16(12)19(22)21-15-5-7-17-18(11-15)23-9-8-20-17/h4-7,10-11,13,20H,2-3,8-9H2,1H3,(H,21,22). The van der Waals surface area contributed by atoms with Gasteiger partial charge in [-0.25, -0.2) is 0 Å². The molecule has 4 heteroatoms. The van der Waals surface area contributed by atoms with E-state index in [0.29, 0.717) is 12.5 Å². The highest BCUT2D eigenvalue weighted by Gasteiger charge is 2.24. The maximum absolute atomic E-state index is 12.5. The maximum Gasteiger partial charge on any atom is 0.255 e. The molecule has 4 nitrogen and oxygen atoms in total. The first-order chi connectivity index (χ1) is 11.2. The minimum Gasteiger partial charge on any atom is -0.490 e. The first-order valence-electron chi connectivity index (χ1n) is 8.13. The maximum atomic E-state index is 12.5. The Hall–Kier alpha value is -2.49.